The number of likely N-dealkylation sites (tertiary alicyclic amines) is 1. The van der Waals surface area contributed by atoms with Gasteiger partial charge in [0.05, 0.1) is 6.54 Å². The molecule has 1 N–H and O–H groups in total. The molecule has 4 nitrogen and oxygen atoms in total. The van der Waals surface area contributed by atoms with Crippen LogP contribution in [0.4, 0.5) is 0 Å². The van der Waals surface area contributed by atoms with Gasteiger partial charge in [0.2, 0.25) is 0 Å². The number of amides is 1. The maximum Gasteiger partial charge on any atom is 0.262 e. The van der Waals surface area contributed by atoms with Crippen LogP contribution in [0.2, 0.25) is 0 Å². The van der Waals surface area contributed by atoms with Crippen molar-refractivity contribution in [2.45, 2.75) is 52.5 Å². The molecule has 0 bridgehead atoms. The van der Waals surface area contributed by atoms with Crippen molar-refractivity contribution in [1.29, 1.82) is 0 Å². The maximum atomic E-state index is 12.5. The van der Waals surface area contributed by atoms with E-state index in [1.54, 1.807) is 12.1 Å². The van der Waals surface area contributed by atoms with Crippen molar-refractivity contribution in [3.05, 3.63) is 41.0 Å². The second-order valence-electron chi connectivity index (χ2n) is 8.04. The first-order chi connectivity index (χ1) is 10.4. The van der Waals surface area contributed by atoms with E-state index in [1.165, 1.54) is 4.90 Å². The summed E-state index contributed by atoms with van der Waals surface area (Å²) in [6.45, 7) is 11.9. The quantitative estimate of drug-likeness (QED) is 0.490. The highest BCUT2D eigenvalue weighted by Gasteiger charge is 2.41. The molecular formula is C19H25NO3. The van der Waals surface area contributed by atoms with E-state index in [4.69, 9.17) is 0 Å². The highest BCUT2D eigenvalue weighted by atomic mass is 16.3. The standard InChI is InChI=1S/C19H25NO3/c1-18(2,3)13-9-7-12(8-10-13)16(22)15-14(21)11-20(17(15)23)19(4,5)6/h7-10,22H,11H2,1-6H3/b16-15-. The number of aliphatic hydroxyl groups is 1. The number of rotatable bonds is 1. The van der Waals surface area contributed by atoms with Crippen LogP contribution in [0.5, 0.6) is 0 Å². The van der Waals surface area contributed by atoms with Gasteiger partial charge >= 0.3 is 0 Å². The average molecular weight is 315 g/mol. The van der Waals surface area contributed by atoms with Crippen LogP contribution in [0, 0.1) is 0 Å². The fourth-order valence-corrected chi connectivity index (χ4v) is 2.60. The number of hydrogen-bond donors (Lipinski definition) is 1. The van der Waals surface area contributed by atoms with Crippen molar-refractivity contribution >= 4 is 17.4 Å². The lowest BCUT2D eigenvalue weighted by Crippen LogP contribution is -2.42. The lowest BCUT2D eigenvalue weighted by atomic mass is 9.86. The van der Waals surface area contributed by atoms with Gasteiger partial charge in [-0.3, -0.25) is 9.59 Å². The van der Waals surface area contributed by atoms with Crippen LogP contribution < -0.4 is 0 Å². The highest BCUT2D eigenvalue weighted by molar-refractivity contribution is 6.28. The Morgan fingerprint density at radius 3 is 1.91 bits per heavy atom. The van der Waals surface area contributed by atoms with Gasteiger partial charge in [0, 0.05) is 11.1 Å². The summed E-state index contributed by atoms with van der Waals surface area (Å²) < 4.78 is 0. The Labute approximate surface area is 137 Å². The van der Waals surface area contributed by atoms with Gasteiger partial charge in [-0.05, 0) is 31.7 Å². The van der Waals surface area contributed by atoms with Crippen molar-refractivity contribution in [3.63, 3.8) is 0 Å². The Kier molecular flexibility index (Phi) is 4.14. The molecular weight excluding hydrogens is 290 g/mol. The van der Waals surface area contributed by atoms with Crippen LogP contribution in [0.3, 0.4) is 0 Å². The summed E-state index contributed by atoms with van der Waals surface area (Å²) in [5.74, 6) is -0.963. The number of nitrogens with zero attached hydrogens (tertiary/aromatic N) is 1. The summed E-state index contributed by atoms with van der Waals surface area (Å²) in [6, 6.07) is 7.33. The minimum absolute atomic E-state index is 0.00330. The van der Waals surface area contributed by atoms with Crippen LogP contribution >= 0.6 is 0 Å². The second-order valence-corrected chi connectivity index (χ2v) is 8.04. The first-order valence-electron chi connectivity index (χ1n) is 7.82. The number of hydrogen-bond acceptors (Lipinski definition) is 3. The smallest absolute Gasteiger partial charge is 0.262 e. The third-order valence-corrected chi connectivity index (χ3v) is 4.11. The molecule has 1 aromatic rings. The highest BCUT2D eigenvalue weighted by Crippen LogP contribution is 2.29. The number of Topliss-reactive ketones (excluding diaryl/α,β-unsaturated/α-hetero) is 1. The van der Waals surface area contributed by atoms with Crippen molar-refractivity contribution in [3.8, 4) is 0 Å². The molecule has 1 aromatic carbocycles. The number of carbonyl (C=O) groups is 2. The lowest BCUT2D eigenvalue weighted by Gasteiger charge is -2.30. The summed E-state index contributed by atoms with van der Waals surface area (Å²) in [5.41, 5.74) is 1.06. The molecule has 0 aliphatic carbocycles. The zero-order chi connectivity index (χ0) is 17.6. The van der Waals surface area contributed by atoms with Gasteiger partial charge in [-0.15, -0.1) is 0 Å². The molecule has 1 heterocycles. The molecule has 0 radical (unpaired) electrons. The van der Waals surface area contributed by atoms with Gasteiger partial charge in [0.1, 0.15) is 11.3 Å². The van der Waals surface area contributed by atoms with E-state index >= 15 is 0 Å². The lowest BCUT2D eigenvalue weighted by molar-refractivity contribution is -0.129. The van der Waals surface area contributed by atoms with Crippen molar-refractivity contribution in [2.75, 3.05) is 6.54 Å². The molecule has 1 amide bonds. The third kappa shape index (κ3) is 3.31. The Hall–Kier alpha value is -2.10. The number of benzene rings is 1. The van der Waals surface area contributed by atoms with E-state index in [9.17, 15) is 14.7 Å². The van der Waals surface area contributed by atoms with Crippen LogP contribution in [-0.4, -0.2) is 33.8 Å². The van der Waals surface area contributed by atoms with E-state index in [-0.39, 0.29) is 29.1 Å². The van der Waals surface area contributed by atoms with Crippen LogP contribution in [-0.2, 0) is 15.0 Å². The molecule has 0 saturated carbocycles. The van der Waals surface area contributed by atoms with Crippen molar-refractivity contribution < 1.29 is 14.7 Å². The average Bonchev–Trinajstić information content (AvgIpc) is 2.72. The third-order valence-electron chi connectivity index (χ3n) is 4.11. The van der Waals surface area contributed by atoms with Gasteiger partial charge in [0.25, 0.3) is 5.91 Å². The topological polar surface area (TPSA) is 57.6 Å². The van der Waals surface area contributed by atoms with Gasteiger partial charge in [0.15, 0.2) is 5.78 Å². The summed E-state index contributed by atoms with van der Waals surface area (Å²) in [5, 5.41) is 10.4. The van der Waals surface area contributed by atoms with E-state index in [0.717, 1.165) is 5.56 Å². The Balaban J connectivity index is 2.42. The molecule has 0 atom stereocenters. The predicted molar refractivity (Wildman–Crippen MR) is 91.2 cm³/mol. The van der Waals surface area contributed by atoms with Crippen molar-refractivity contribution in [1.82, 2.24) is 4.90 Å². The van der Waals surface area contributed by atoms with Crippen molar-refractivity contribution in [2.24, 2.45) is 0 Å². The molecule has 2 rings (SSSR count). The number of aliphatic hydroxyl groups excluding tert-OH is 1. The fourth-order valence-electron chi connectivity index (χ4n) is 2.60. The predicted octanol–water partition coefficient (Wildman–Crippen LogP) is 3.46. The summed E-state index contributed by atoms with van der Waals surface area (Å²) >= 11 is 0. The number of carbonyl (C=O) groups excluding carboxylic acids is 2. The molecule has 1 saturated heterocycles. The Morgan fingerprint density at radius 1 is 1.00 bits per heavy atom. The van der Waals surface area contributed by atoms with E-state index in [1.807, 2.05) is 32.9 Å². The van der Waals surface area contributed by atoms with E-state index in [0.29, 0.717) is 5.56 Å². The summed E-state index contributed by atoms with van der Waals surface area (Å²) in [7, 11) is 0. The summed E-state index contributed by atoms with van der Waals surface area (Å²) in [6.07, 6.45) is 0. The van der Waals surface area contributed by atoms with Gasteiger partial charge < -0.3 is 10.0 Å². The molecule has 0 unspecified atom stereocenters. The SMILES string of the molecule is CC(C)(C)c1ccc(/C(O)=C2\C(=O)CN(C(C)(C)C)C2=O)cc1. The minimum atomic E-state index is -0.454. The molecule has 124 valence electrons. The first kappa shape index (κ1) is 17.3. The van der Waals surface area contributed by atoms with Crippen LogP contribution in [0.25, 0.3) is 5.76 Å². The fraction of sp³-hybridized carbons (Fsp3) is 0.474. The maximum absolute atomic E-state index is 12.5. The van der Waals surface area contributed by atoms with E-state index in [2.05, 4.69) is 20.8 Å². The van der Waals surface area contributed by atoms with Gasteiger partial charge in [-0.25, -0.2) is 0 Å². The molecule has 1 fully saturated rings. The minimum Gasteiger partial charge on any atom is -0.506 e. The van der Waals surface area contributed by atoms with Crippen LogP contribution in [0.1, 0.15) is 52.7 Å². The largest absolute Gasteiger partial charge is 0.506 e. The van der Waals surface area contributed by atoms with Crippen LogP contribution in [0.15, 0.2) is 29.8 Å². The molecule has 23 heavy (non-hydrogen) atoms. The monoisotopic (exact) mass is 315 g/mol. The Bertz CT molecular complexity index is 670. The second kappa shape index (κ2) is 5.52. The molecule has 1 aliphatic heterocycles. The molecule has 1 aliphatic rings. The Morgan fingerprint density at radius 2 is 1.52 bits per heavy atom. The van der Waals surface area contributed by atoms with E-state index < -0.39 is 11.4 Å². The molecule has 4 heteroatoms. The normalized spacial score (nSPS) is 18.6. The van der Waals surface area contributed by atoms with Gasteiger partial charge in [-0.2, -0.15) is 0 Å². The molecule has 0 spiro atoms. The summed E-state index contributed by atoms with van der Waals surface area (Å²) in [4.78, 5) is 26.2. The zero-order valence-corrected chi connectivity index (χ0v) is 14.7. The number of ketones is 1. The zero-order valence-electron chi connectivity index (χ0n) is 14.7. The molecule has 0 aromatic heterocycles. The first-order valence-corrected chi connectivity index (χ1v) is 7.82. The van der Waals surface area contributed by atoms with Gasteiger partial charge in [-0.1, -0.05) is 45.0 Å².